The summed E-state index contributed by atoms with van der Waals surface area (Å²) in [5, 5.41) is 2.31. The van der Waals surface area contributed by atoms with Crippen LogP contribution in [0.15, 0.2) is 11.6 Å². The molecule has 3 heteroatoms. The number of rotatable bonds is 19. The van der Waals surface area contributed by atoms with Crippen molar-refractivity contribution in [3.8, 4) is 0 Å². The van der Waals surface area contributed by atoms with Crippen molar-refractivity contribution in [3.05, 3.63) is 11.6 Å². The minimum Gasteiger partial charge on any atom is -0.289 e. The van der Waals surface area contributed by atoms with Crippen LogP contribution in [0, 0.1) is 0 Å². The van der Waals surface area contributed by atoms with Gasteiger partial charge in [-0.3, -0.25) is 14.9 Å². The zero-order valence-electron chi connectivity index (χ0n) is 17.8. The Morgan fingerprint density at radius 3 is 1.30 bits per heavy atom. The molecule has 1 heterocycles. The number of hydrogen-bond donors (Lipinski definition) is 1. The molecule has 3 nitrogen and oxygen atoms in total. The van der Waals surface area contributed by atoms with Gasteiger partial charge >= 0.3 is 0 Å². The smallest absolute Gasteiger partial charge is 0.254 e. The van der Waals surface area contributed by atoms with Gasteiger partial charge in [0.1, 0.15) is 0 Å². The van der Waals surface area contributed by atoms with Gasteiger partial charge in [0, 0.05) is 11.6 Å². The summed E-state index contributed by atoms with van der Waals surface area (Å²) in [7, 11) is 0. The van der Waals surface area contributed by atoms with Gasteiger partial charge < -0.3 is 0 Å². The molecule has 0 radical (unpaired) electrons. The van der Waals surface area contributed by atoms with Crippen LogP contribution in [0.4, 0.5) is 0 Å². The van der Waals surface area contributed by atoms with Gasteiger partial charge in [0.2, 0.25) is 0 Å². The van der Waals surface area contributed by atoms with Crippen LogP contribution in [0.3, 0.4) is 0 Å². The van der Waals surface area contributed by atoms with Gasteiger partial charge in [0.05, 0.1) is 0 Å². The topological polar surface area (TPSA) is 46.2 Å². The third-order valence-corrected chi connectivity index (χ3v) is 5.63. The largest absolute Gasteiger partial charge is 0.289 e. The van der Waals surface area contributed by atoms with Crippen molar-refractivity contribution in [3.63, 3.8) is 0 Å². The summed E-state index contributed by atoms with van der Waals surface area (Å²) in [6.07, 6.45) is 26.7. The SMILES string of the molecule is CCCCCCCCCCCCCCCCCCCCC1=CC(=O)NC1=O. The number of carbonyl (C=O) groups excluding carboxylic acids is 2. The summed E-state index contributed by atoms with van der Waals surface area (Å²) in [4.78, 5) is 22.4. The van der Waals surface area contributed by atoms with E-state index in [9.17, 15) is 9.59 Å². The highest BCUT2D eigenvalue weighted by Gasteiger charge is 2.19. The molecule has 156 valence electrons. The fourth-order valence-corrected chi connectivity index (χ4v) is 3.85. The van der Waals surface area contributed by atoms with Gasteiger partial charge in [-0.25, -0.2) is 0 Å². The number of amides is 2. The molecular formula is C24H43NO2. The molecule has 1 aliphatic heterocycles. The first-order chi connectivity index (χ1) is 13.2. The average Bonchev–Trinajstić information content (AvgIpc) is 2.98. The molecule has 1 rings (SSSR count). The summed E-state index contributed by atoms with van der Waals surface area (Å²) >= 11 is 0. The van der Waals surface area contributed by atoms with E-state index in [1.54, 1.807) is 0 Å². The highest BCUT2D eigenvalue weighted by atomic mass is 16.2. The number of carbonyl (C=O) groups is 2. The van der Waals surface area contributed by atoms with Gasteiger partial charge in [-0.15, -0.1) is 0 Å². The summed E-state index contributed by atoms with van der Waals surface area (Å²) in [5.74, 6) is -0.440. The van der Waals surface area contributed by atoms with E-state index in [0.29, 0.717) is 5.57 Å². The average molecular weight is 378 g/mol. The lowest BCUT2D eigenvalue weighted by molar-refractivity contribution is -0.123. The van der Waals surface area contributed by atoms with Crippen molar-refractivity contribution in [2.24, 2.45) is 0 Å². The molecule has 0 saturated heterocycles. The highest BCUT2D eigenvalue weighted by Crippen LogP contribution is 2.16. The number of imide groups is 1. The van der Waals surface area contributed by atoms with Crippen molar-refractivity contribution in [2.45, 2.75) is 129 Å². The van der Waals surface area contributed by atoms with Crippen LogP contribution in [-0.4, -0.2) is 11.8 Å². The molecule has 0 saturated carbocycles. The molecule has 0 aromatic heterocycles. The van der Waals surface area contributed by atoms with Crippen molar-refractivity contribution >= 4 is 11.8 Å². The maximum Gasteiger partial charge on any atom is 0.254 e. The number of hydrogen-bond acceptors (Lipinski definition) is 2. The van der Waals surface area contributed by atoms with Gasteiger partial charge in [0.25, 0.3) is 11.8 Å². The van der Waals surface area contributed by atoms with Gasteiger partial charge in [-0.2, -0.15) is 0 Å². The van der Waals surface area contributed by atoms with Crippen LogP contribution in [0.5, 0.6) is 0 Å². The molecule has 1 N–H and O–H groups in total. The maximum atomic E-state index is 11.4. The second-order valence-electron chi connectivity index (χ2n) is 8.25. The highest BCUT2D eigenvalue weighted by molar-refractivity contribution is 6.16. The van der Waals surface area contributed by atoms with E-state index in [-0.39, 0.29) is 11.8 Å². The Labute approximate surface area is 167 Å². The number of unbranched alkanes of at least 4 members (excludes halogenated alkanes) is 17. The Balaban J connectivity index is 1.72. The van der Waals surface area contributed by atoms with Crippen molar-refractivity contribution in [1.82, 2.24) is 5.32 Å². The van der Waals surface area contributed by atoms with Crippen molar-refractivity contribution in [1.29, 1.82) is 0 Å². The Hall–Kier alpha value is -1.12. The maximum absolute atomic E-state index is 11.4. The molecule has 0 aromatic carbocycles. The van der Waals surface area contributed by atoms with Crippen molar-refractivity contribution < 1.29 is 9.59 Å². The van der Waals surface area contributed by atoms with Crippen LogP contribution < -0.4 is 5.32 Å². The minimum absolute atomic E-state index is 0.188. The van der Waals surface area contributed by atoms with E-state index in [1.165, 1.54) is 109 Å². The monoisotopic (exact) mass is 377 g/mol. The summed E-state index contributed by atoms with van der Waals surface area (Å²) < 4.78 is 0. The molecule has 0 unspecified atom stereocenters. The summed E-state index contributed by atoms with van der Waals surface area (Å²) in [6.45, 7) is 2.28. The Bertz CT molecular complexity index is 428. The summed E-state index contributed by atoms with van der Waals surface area (Å²) in [6, 6.07) is 0. The second kappa shape index (κ2) is 17.0. The van der Waals surface area contributed by atoms with E-state index in [1.807, 2.05) is 0 Å². The van der Waals surface area contributed by atoms with Crippen LogP contribution in [0.2, 0.25) is 0 Å². The lowest BCUT2D eigenvalue weighted by atomic mass is 10.0. The lowest BCUT2D eigenvalue weighted by Crippen LogP contribution is -2.22. The van der Waals surface area contributed by atoms with Crippen LogP contribution >= 0.6 is 0 Å². The molecule has 1 aliphatic rings. The predicted octanol–water partition coefficient (Wildman–Crippen LogP) is 7.00. The minimum atomic E-state index is -0.252. The molecule has 0 aromatic rings. The first-order valence-corrected chi connectivity index (χ1v) is 11.8. The molecule has 0 fully saturated rings. The number of nitrogens with one attached hydrogen (secondary N) is 1. The van der Waals surface area contributed by atoms with E-state index in [4.69, 9.17) is 0 Å². The third kappa shape index (κ3) is 13.7. The molecule has 0 aliphatic carbocycles. The lowest BCUT2D eigenvalue weighted by Gasteiger charge is -2.04. The molecule has 0 atom stereocenters. The predicted molar refractivity (Wildman–Crippen MR) is 115 cm³/mol. The third-order valence-electron chi connectivity index (χ3n) is 5.63. The quantitative estimate of drug-likeness (QED) is 0.194. The first kappa shape index (κ1) is 23.9. The Morgan fingerprint density at radius 2 is 0.963 bits per heavy atom. The molecule has 0 bridgehead atoms. The molecular weight excluding hydrogens is 334 g/mol. The molecule has 0 spiro atoms. The standard InChI is InChI=1S/C24H43NO2/c1-2-3-4-5-6-7-8-9-10-11-12-13-14-15-16-17-18-19-20-22-21-23(26)25-24(22)27/h21H,2-20H2,1H3,(H,25,26,27). The van der Waals surface area contributed by atoms with Crippen molar-refractivity contribution in [2.75, 3.05) is 0 Å². The Kier molecular flexibility index (Phi) is 15.1. The van der Waals surface area contributed by atoms with E-state index in [0.717, 1.165) is 19.3 Å². The van der Waals surface area contributed by atoms with Gasteiger partial charge in [-0.05, 0) is 12.8 Å². The van der Waals surface area contributed by atoms with E-state index >= 15 is 0 Å². The van der Waals surface area contributed by atoms with Gasteiger partial charge in [0.15, 0.2) is 0 Å². The zero-order chi connectivity index (χ0) is 19.6. The normalized spacial score (nSPS) is 13.9. The molecule has 27 heavy (non-hydrogen) atoms. The van der Waals surface area contributed by atoms with Crippen LogP contribution in [-0.2, 0) is 9.59 Å². The molecule has 2 amide bonds. The Morgan fingerprint density at radius 1 is 0.593 bits per heavy atom. The zero-order valence-corrected chi connectivity index (χ0v) is 17.8. The fourth-order valence-electron chi connectivity index (χ4n) is 3.85. The second-order valence-corrected chi connectivity index (χ2v) is 8.25. The van der Waals surface area contributed by atoms with E-state index < -0.39 is 0 Å². The van der Waals surface area contributed by atoms with Crippen LogP contribution in [0.1, 0.15) is 129 Å². The first-order valence-electron chi connectivity index (χ1n) is 11.8. The van der Waals surface area contributed by atoms with Crippen LogP contribution in [0.25, 0.3) is 0 Å². The fraction of sp³-hybridized carbons (Fsp3) is 0.833. The summed E-state index contributed by atoms with van der Waals surface area (Å²) in [5.41, 5.74) is 0.663. The van der Waals surface area contributed by atoms with Gasteiger partial charge in [-0.1, -0.05) is 116 Å². The van der Waals surface area contributed by atoms with E-state index in [2.05, 4.69) is 12.2 Å².